The number of hydrogen-bond acceptors (Lipinski definition) is 3. The van der Waals surface area contributed by atoms with Crippen molar-refractivity contribution in [3.63, 3.8) is 0 Å². The van der Waals surface area contributed by atoms with Crippen LogP contribution in [0.25, 0.3) is 0 Å². The lowest BCUT2D eigenvalue weighted by Crippen LogP contribution is -1.98. The van der Waals surface area contributed by atoms with Crippen LogP contribution in [0, 0.1) is 0 Å². The largest absolute Gasteiger partial charge is 0.177 e. The van der Waals surface area contributed by atoms with E-state index >= 15 is 0 Å². The Bertz CT molecular complexity index is 50.3. The fourth-order valence-corrected chi connectivity index (χ4v) is 3.31. The maximum Gasteiger partial charge on any atom is 0.0590 e. The summed E-state index contributed by atoms with van der Waals surface area (Å²) < 4.78 is 0.711. The van der Waals surface area contributed by atoms with E-state index in [1.54, 1.807) is 0 Å². The Morgan fingerprint density at radius 1 is 1.22 bits per heavy atom. The van der Waals surface area contributed by atoms with E-state index in [0.717, 1.165) is 5.75 Å². The molecule has 0 saturated carbocycles. The molecule has 0 aliphatic rings. The van der Waals surface area contributed by atoms with E-state index in [0.29, 0.717) is 4.58 Å². The smallest absolute Gasteiger partial charge is 0.0590 e. The molecule has 0 fully saturated rings. The molecule has 3 heteroatoms. The SMILES string of the molecule is CCSC(CS)SCC. The van der Waals surface area contributed by atoms with Gasteiger partial charge in [0.15, 0.2) is 0 Å². The minimum atomic E-state index is 0.711. The van der Waals surface area contributed by atoms with Crippen molar-refractivity contribution < 1.29 is 0 Å². The molecule has 0 aromatic rings. The first-order valence-electron chi connectivity index (χ1n) is 3.19. The van der Waals surface area contributed by atoms with Crippen LogP contribution in [0.3, 0.4) is 0 Å². The second-order valence-corrected chi connectivity index (χ2v) is 5.15. The van der Waals surface area contributed by atoms with E-state index in [-0.39, 0.29) is 0 Å². The standard InChI is InChI=1S/C6H14S3/c1-3-8-6(5-7)9-4-2/h6-7H,3-5H2,1-2H3. The van der Waals surface area contributed by atoms with Crippen LogP contribution in [0.4, 0.5) is 0 Å². The van der Waals surface area contributed by atoms with Crippen LogP contribution < -0.4 is 0 Å². The zero-order chi connectivity index (χ0) is 7.11. The lowest BCUT2D eigenvalue weighted by atomic mass is 10.9. The molecule has 0 N–H and O–H groups in total. The highest BCUT2D eigenvalue weighted by molar-refractivity contribution is 8.17. The van der Waals surface area contributed by atoms with Crippen LogP contribution in [0.5, 0.6) is 0 Å². The minimum absolute atomic E-state index is 0.711. The average molecular weight is 182 g/mol. The van der Waals surface area contributed by atoms with Crippen molar-refractivity contribution in [3.8, 4) is 0 Å². The highest BCUT2D eigenvalue weighted by Crippen LogP contribution is 2.23. The Morgan fingerprint density at radius 2 is 1.67 bits per heavy atom. The summed E-state index contributed by atoms with van der Waals surface area (Å²) in [5, 5.41) is 0. The van der Waals surface area contributed by atoms with E-state index in [9.17, 15) is 0 Å². The molecule has 0 spiro atoms. The molecule has 0 bridgehead atoms. The molecule has 0 saturated heterocycles. The van der Waals surface area contributed by atoms with Crippen LogP contribution in [0.2, 0.25) is 0 Å². The molecule has 0 heterocycles. The van der Waals surface area contributed by atoms with Gasteiger partial charge < -0.3 is 0 Å². The first-order chi connectivity index (χ1) is 4.35. The number of rotatable bonds is 5. The second kappa shape index (κ2) is 7.16. The fraction of sp³-hybridized carbons (Fsp3) is 1.00. The Kier molecular flexibility index (Phi) is 8.00. The third-order valence-electron chi connectivity index (χ3n) is 0.854. The molecule has 0 aliphatic carbocycles. The van der Waals surface area contributed by atoms with Gasteiger partial charge in [0.05, 0.1) is 4.58 Å². The maximum atomic E-state index is 4.24. The molecule has 0 aliphatic heterocycles. The van der Waals surface area contributed by atoms with Crippen LogP contribution in [-0.4, -0.2) is 21.8 Å². The third kappa shape index (κ3) is 5.49. The van der Waals surface area contributed by atoms with Gasteiger partial charge in [-0.3, -0.25) is 0 Å². The van der Waals surface area contributed by atoms with Crippen molar-refractivity contribution >= 4 is 36.2 Å². The number of hydrogen-bond donors (Lipinski definition) is 1. The van der Waals surface area contributed by atoms with E-state index in [4.69, 9.17) is 0 Å². The quantitative estimate of drug-likeness (QED) is 0.513. The van der Waals surface area contributed by atoms with Gasteiger partial charge in [0, 0.05) is 5.75 Å². The monoisotopic (exact) mass is 182 g/mol. The van der Waals surface area contributed by atoms with Gasteiger partial charge in [-0.2, -0.15) is 12.6 Å². The van der Waals surface area contributed by atoms with Crippen LogP contribution in [0.1, 0.15) is 13.8 Å². The van der Waals surface area contributed by atoms with Gasteiger partial charge in [-0.25, -0.2) is 0 Å². The summed E-state index contributed by atoms with van der Waals surface area (Å²) in [6, 6.07) is 0. The normalized spacial score (nSPS) is 10.7. The molecular weight excluding hydrogens is 168 g/mol. The van der Waals surface area contributed by atoms with Gasteiger partial charge in [0.2, 0.25) is 0 Å². The number of thioether (sulfide) groups is 2. The molecule has 56 valence electrons. The van der Waals surface area contributed by atoms with Gasteiger partial charge in [-0.15, -0.1) is 23.5 Å². The summed E-state index contributed by atoms with van der Waals surface area (Å²) in [5.41, 5.74) is 0. The fourth-order valence-electron chi connectivity index (χ4n) is 0.525. The first kappa shape index (κ1) is 10.0. The second-order valence-electron chi connectivity index (χ2n) is 1.52. The molecule has 0 aromatic carbocycles. The van der Waals surface area contributed by atoms with Gasteiger partial charge in [-0.05, 0) is 11.5 Å². The highest BCUT2D eigenvalue weighted by Gasteiger charge is 2.02. The van der Waals surface area contributed by atoms with E-state index in [1.165, 1.54) is 11.5 Å². The summed E-state index contributed by atoms with van der Waals surface area (Å²) >= 11 is 8.22. The molecule has 0 rings (SSSR count). The average Bonchev–Trinajstić information content (AvgIpc) is 1.88. The van der Waals surface area contributed by atoms with Gasteiger partial charge in [-0.1, -0.05) is 13.8 Å². The zero-order valence-electron chi connectivity index (χ0n) is 5.96. The predicted molar refractivity (Wildman–Crippen MR) is 53.9 cm³/mol. The molecule has 0 aromatic heterocycles. The summed E-state index contributed by atoms with van der Waals surface area (Å²) in [5.74, 6) is 3.41. The van der Waals surface area contributed by atoms with Crippen molar-refractivity contribution in [1.29, 1.82) is 0 Å². The third-order valence-corrected chi connectivity index (χ3v) is 4.27. The zero-order valence-corrected chi connectivity index (χ0v) is 8.49. The van der Waals surface area contributed by atoms with Crippen molar-refractivity contribution in [2.75, 3.05) is 17.3 Å². The first-order valence-corrected chi connectivity index (χ1v) is 5.92. The molecule has 0 amide bonds. The Hall–Kier alpha value is 1.05. The Morgan fingerprint density at radius 3 is 1.89 bits per heavy atom. The summed E-state index contributed by atoms with van der Waals surface area (Å²) in [7, 11) is 0. The van der Waals surface area contributed by atoms with E-state index in [1.807, 2.05) is 23.5 Å². The number of thiol groups is 1. The highest BCUT2D eigenvalue weighted by atomic mass is 32.2. The molecular formula is C6H14S3. The van der Waals surface area contributed by atoms with Crippen LogP contribution >= 0.6 is 36.2 Å². The molecule has 0 nitrogen and oxygen atoms in total. The van der Waals surface area contributed by atoms with E-state index < -0.39 is 0 Å². The van der Waals surface area contributed by atoms with E-state index in [2.05, 4.69) is 26.5 Å². The predicted octanol–water partition coefficient (Wildman–Crippen LogP) is 2.75. The summed E-state index contributed by atoms with van der Waals surface area (Å²) in [4.78, 5) is 0. The molecule has 0 radical (unpaired) electrons. The maximum absolute atomic E-state index is 4.24. The van der Waals surface area contributed by atoms with Crippen LogP contribution in [-0.2, 0) is 0 Å². The van der Waals surface area contributed by atoms with Crippen LogP contribution in [0.15, 0.2) is 0 Å². The Labute approximate surface area is 72.0 Å². The van der Waals surface area contributed by atoms with Crippen molar-refractivity contribution in [2.24, 2.45) is 0 Å². The van der Waals surface area contributed by atoms with Crippen molar-refractivity contribution in [3.05, 3.63) is 0 Å². The lowest BCUT2D eigenvalue weighted by Gasteiger charge is -2.09. The summed E-state index contributed by atoms with van der Waals surface area (Å²) in [6.45, 7) is 4.38. The molecule has 0 atom stereocenters. The molecule has 0 unspecified atom stereocenters. The molecule has 9 heavy (non-hydrogen) atoms. The van der Waals surface area contributed by atoms with Gasteiger partial charge >= 0.3 is 0 Å². The van der Waals surface area contributed by atoms with Gasteiger partial charge in [0.1, 0.15) is 0 Å². The minimum Gasteiger partial charge on any atom is -0.177 e. The van der Waals surface area contributed by atoms with Crippen molar-refractivity contribution in [2.45, 2.75) is 18.4 Å². The van der Waals surface area contributed by atoms with Gasteiger partial charge in [0.25, 0.3) is 0 Å². The lowest BCUT2D eigenvalue weighted by molar-refractivity contribution is 1.40. The Balaban J connectivity index is 3.18. The summed E-state index contributed by atoms with van der Waals surface area (Å²) in [6.07, 6.45) is 0. The van der Waals surface area contributed by atoms with Crippen molar-refractivity contribution in [1.82, 2.24) is 0 Å². The topological polar surface area (TPSA) is 0 Å².